The average molecular weight is 428 g/mol. The van der Waals surface area contributed by atoms with E-state index < -0.39 is 10.0 Å². The number of oxazole rings is 1. The topological polar surface area (TPSA) is 92.5 Å². The zero-order chi connectivity index (χ0) is 21.7. The molecule has 0 unspecified atom stereocenters. The molecule has 0 saturated heterocycles. The monoisotopic (exact) mass is 427 g/mol. The van der Waals surface area contributed by atoms with Gasteiger partial charge in [-0.25, -0.2) is 13.4 Å². The fraction of sp³-hybridized carbons (Fsp3) is 0.273. The van der Waals surface area contributed by atoms with E-state index in [1.54, 1.807) is 25.4 Å². The third-order valence-corrected chi connectivity index (χ3v) is 6.77. The summed E-state index contributed by atoms with van der Waals surface area (Å²) in [6.45, 7) is 3.62. The first-order chi connectivity index (χ1) is 14.3. The summed E-state index contributed by atoms with van der Waals surface area (Å²) in [5, 5.41) is 2.76. The van der Waals surface area contributed by atoms with Crippen LogP contribution < -0.4 is 5.32 Å². The van der Waals surface area contributed by atoms with Crippen molar-refractivity contribution in [3.8, 4) is 11.3 Å². The van der Waals surface area contributed by atoms with Crippen molar-refractivity contribution in [2.45, 2.75) is 37.6 Å². The number of hydrogen-bond acceptors (Lipinski definition) is 5. The van der Waals surface area contributed by atoms with E-state index in [1.807, 2.05) is 44.2 Å². The number of carbonyl (C=O) groups excluding carboxylic acids is 1. The van der Waals surface area contributed by atoms with E-state index in [-0.39, 0.29) is 23.3 Å². The highest BCUT2D eigenvalue weighted by molar-refractivity contribution is 7.89. The van der Waals surface area contributed by atoms with E-state index in [2.05, 4.69) is 10.3 Å². The van der Waals surface area contributed by atoms with Crippen molar-refractivity contribution in [1.82, 2.24) is 9.29 Å². The van der Waals surface area contributed by atoms with Gasteiger partial charge in [-0.15, -0.1) is 0 Å². The molecule has 0 saturated carbocycles. The Kier molecular flexibility index (Phi) is 6.69. The van der Waals surface area contributed by atoms with E-state index >= 15 is 0 Å². The predicted molar refractivity (Wildman–Crippen MR) is 115 cm³/mol. The molecular formula is C22H25N3O4S. The minimum atomic E-state index is -3.55. The predicted octanol–water partition coefficient (Wildman–Crippen LogP) is 3.94. The van der Waals surface area contributed by atoms with Gasteiger partial charge in [0, 0.05) is 37.2 Å². The number of nitrogens with zero attached hydrogens (tertiary/aromatic N) is 2. The Morgan fingerprint density at radius 1 is 1.10 bits per heavy atom. The van der Waals surface area contributed by atoms with Crippen molar-refractivity contribution >= 4 is 21.6 Å². The first kappa shape index (κ1) is 21.7. The summed E-state index contributed by atoms with van der Waals surface area (Å²) in [4.78, 5) is 16.6. The second kappa shape index (κ2) is 9.23. The highest BCUT2D eigenvalue weighted by atomic mass is 32.2. The van der Waals surface area contributed by atoms with Crippen molar-refractivity contribution in [1.29, 1.82) is 0 Å². The molecule has 30 heavy (non-hydrogen) atoms. The van der Waals surface area contributed by atoms with Crippen LogP contribution in [0.3, 0.4) is 0 Å². The molecule has 1 aromatic heterocycles. The van der Waals surface area contributed by atoms with Crippen LogP contribution in [0.1, 0.15) is 26.2 Å². The number of anilines is 1. The lowest BCUT2D eigenvalue weighted by atomic mass is 10.2. The van der Waals surface area contributed by atoms with Crippen molar-refractivity contribution in [2.75, 3.05) is 12.4 Å². The molecule has 0 radical (unpaired) electrons. The Labute approximate surface area is 176 Å². The fourth-order valence-electron chi connectivity index (χ4n) is 2.76. The van der Waals surface area contributed by atoms with Gasteiger partial charge < -0.3 is 9.73 Å². The van der Waals surface area contributed by atoms with Gasteiger partial charge in [0.1, 0.15) is 0 Å². The van der Waals surface area contributed by atoms with Gasteiger partial charge in [0.2, 0.25) is 15.9 Å². The van der Waals surface area contributed by atoms with E-state index in [4.69, 9.17) is 4.42 Å². The van der Waals surface area contributed by atoms with Gasteiger partial charge in [-0.1, -0.05) is 30.3 Å². The van der Waals surface area contributed by atoms with Crippen LogP contribution in [0.5, 0.6) is 0 Å². The Morgan fingerprint density at radius 2 is 1.77 bits per heavy atom. The molecule has 0 spiro atoms. The zero-order valence-electron chi connectivity index (χ0n) is 17.2. The van der Waals surface area contributed by atoms with Gasteiger partial charge in [-0.3, -0.25) is 4.79 Å². The molecule has 0 aliphatic rings. The Balaban J connectivity index is 1.56. The lowest BCUT2D eigenvalue weighted by Crippen LogP contribution is -2.33. The lowest BCUT2D eigenvalue weighted by Gasteiger charge is -2.21. The van der Waals surface area contributed by atoms with Crippen molar-refractivity contribution in [3.63, 3.8) is 0 Å². The van der Waals surface area contributed by atoms with Gasteiger partial charge in [-0.05, 0) is 38.1 Å². The van der Waals surface area contributed by atoms with Gasteiger partial charge in [0.05, 0.1) is 11.1 Å². The molecule has 0 aliphatic heterocycles. The number of aryl methyl sites for hydroxylation is 1. The molecule has 3 aromatic rings. The Hall–Kier alpha value is -2.97. The van der Waals surface area contributed by atoms with Crippen LogP contribution in [0.25, 0.3) is 11.3 Å². The highest BCUT2D eigenvalue weighted by Gasteiger charge is 2.22. The summed E-state index contributed by atoms with van der Waals surface area (Å²) in [6.07, 6.45) is 2.21. The molecule has 0 aliphatic carbocycles. The molecule has 8 heteroatoms. The normalized spacial score (nSPS) is 11.8. The van der Waals surface area contributed by atoms with E-state index in [0.717, 1.165) is 5.56 Å². The maximum absolute atomic E-state index is 12.5. The number of aromatic nitrogens is 1. The van der Waals surface area contributed by atoms with Crippen LogP contribution in [0.4, 0.5) is 5.69 Å². The number of rotatable bonds is 8. The minimum absolute atomic E-state index is 0.146. The third kappa shape index (κ3) is 5.14. The second-order valence-electron chi connectivity index (χ2n) is 7.17. The molecule has 7 nitrogen and oxygen atoms in total. The van der Waals surface area contributed by atoms with Crippen LogP contribution in [0.2, 0.25) is 0 Å². The maximum atomic E-state index is 12.5. The number of sulfonamides is 1. The molecule has 3 rings (SSSR count). The average Bonchev–Trinajstić information content (AvgIpc) is 3.22. The molecule has 2 aromatic carbocycles. The number of hydrogen-bond donors (Lipinski definition) is 1. The van der Waals surface area contributed by atoms with Gasteiger partial charge in [0.25, 0.3) is 0 Å². The second-order valence-corrected chi connectivity index (χ2v) is 9.17. The quantitative estimate of drug-likeness (QED) is 0.588. The highest BCUT2D eigenvalue weighted by Crippen LogP contribution is 2.21. The van der Waals surface area contributed by atoms with Gasteiger partial charge in [0.15, 0.2) is 11.7 Å². The first-order valence-electron chi connectivity index (χ1n) is 9.65. The maximum Gasteiger partial charge on any atom is 0.243 e. The van der Waals surface area contributed by atoms with Crippen LogP contribution in [-0.4, -0.2) is 36.7 Å². The Morgan fingerprint density at radius 3 is 2.40 bits per heavy atom. The number of amides is 1. The largest absolute Gasteiger partial charge is 0.441 e. The number of benzene rings is 2. The standard InChI is InChI=1S/C22H25N3O4S/c1-16(2)25(3)30(27,28)19-11-9-18(10-12-19)24-21(26)13-14-22-23-15-20(29-22)17-7-5-4-6-8-17/h4-12,15-16H,13-14H2,1-3H3,(H,24,26). The molecule has 0 fully saturated rings. The van der Waals surface area contributed by atoms with E-state index in [9.17, 15) is 13.2 Å². The summed E-state index contributed by atoms with van der Waals surface area (Å²) in [5.74, 6) is 0.945. The van der Waals surface area contributed by atoms with Gasteiger partial charge >= 0.3 is 0 Å². The molecular weight excluding hydrogens is 402 g/mol. The molecule has 1 heterocycles. The molecule has 0 atom stereocenters. The summed E-state index contributed by atoms with van der Waals surface area (Å²) < 4.78 is 32.0. The molecule has 158 valence electrons. The van der Waals surface area contributed by atoms with Crippen molar-refractivity contribution in [3.05, 3.63) is 66.7 Å². The minimum Gasteiger partial charge on any atom is -0.441 e. The number of carbonyl (C=O) groups is 1. The zero-order valence-corrected chi connectivity index (χ0v) is 18.0. The van der Waals surface area contributed by atoms with Crippen LogP contribution in [-0.2, 0) is 21.2 Å². The van der Waals surface area contributed by atoms with Crippen LogP contribution in [0.15, 0.2) is 70.1 Å². The molecule has 0 bridgehead atoms. The SMILES string of the molecule is CC(C)N(C)S(=O)(=O)c1ccc(NC(=O)CCc2ncc(-c3ccccc3)o2)cc1. The molecule has 1 amide bonds. The van der Waals surface area contributed by atoms with Crippen molar-refractivity contribution < 1.29 is 17.6 Å². The fourth-order valence-corrected chi connectivity index (χ4v) is 4.13. The van der Waals surface area contributed by atoms with Gasteiger partial charge in [-0.2, -0.15) is 4.31 Å². The van der Waals surface area contributed by atoms with Crippen molar-refractivity contribution in [2.24, 2.45) is 0 Å². The molecule has 1 N–H and O–H groups in total. The Bertz CT molecular complexity index is 1090. The summed E-state index contributed by atoms with van der Waals surface area (Å²) in [5.41, 5.74) is 1.46. The summed E-state index contributed by atoms with van der Waals surface area (Å²) >= 11 is 0. The lowest BCUT2D eigenvalue weighted by molar-refractivity contribution is -0.116. The first-order valence-corrected chi connectivity index (χ1v) is 11.1. The van der Waals surface area contributed by atoms with E-state index in [0.29, 0.717) is 23.8 Å². The summed E-state index contributed by atoms with van der Waals surface area (Å²) in [6, 6.07) is 15.6. The third-order valence-electron chi connectivity index (χ3n) is 4.72. The van der Waals surface area contributed by atoms with Crippen LogP contribution in [0, 0.1) is 0 Å². The van der Waals surface area contributed by atoms with E-state index in [1.165, 1.54) is 16.4 Å². The summed E-state index contributed by atoms with van der Waals surface area (Å²) in [7, 11) is -2.01. The smallest absolute Gasteiger partial charge is 0.243 e. The van der Waals surface area contributed by atoms with Crippen LogP contribution >= 0.6 is 0 Å². The number of nitrogens with one attached hydrogen (secondary N) is 1.